The molecule has 0 N–H and O–H groups in total. The smallest absolute Gasteiger partial charge is 0.338 e. The monoisotopic (exact) mass is 545 g/mol. The summed E-state index contributed by atoms with van der Waals surface area (Å²) in [4.78, 5) is 32.5. The molecule has 2 aromatic carbocycles. The van der Waals surface area contributed by atoms with Crippen molar-refractivity contribution in [1.82, 2.24) is 9.13 Å². The van der Waals surface area contributed by atoms with Crippen molar-refractivity contribution in [2.75, 3.05) is 20.8 Å². The van der Waals surface area contributed by atoms with Gasteiger partial charge in [-0.25, -0.2) is 9.79 Å². The molecular formula is C30H31N3O5S. The van der Waals surface area contributed by atoms with Crippen molar-refractivity contribution in [1.29, 1.82) is 0 Å². The molecule has 202 valence electrons. The Kier molecular flexibility index (Phi) is 7.18. The molecule has 9 heteroatoms. The predicted octanol–water partition coefficient (Wildman–Crippen LogP) is 4.35. The average Bonchev–Trinajstić information content (AvgIpc) is 3.45. The summed E-state index contributed by atoms with van der Waals surface area (Å²) >= 11 is 1.30. The lowest BCUT2D eigenvalue weighted by Crippen LogP contribution is -2.40. The van der Waals surface area contributed by atoms with Gasteiger partial charge in [-0.05, 0) is 52.0 Å². The van der Waals surface area contributed by atoms with Gasteiger partial charge in [0.25, 0.3) is 5.56 Å². The number of nitrogens with zero attached hydrogens (tertiary/aromatic N) is 3. The highest BCUT2D eigenvalue weighted by Crippen LogP contribution is 2.37. The minimum absolute atomic E-state index is 0.201. The summed E-state index contributed by atoms with van der Waals surface area (Å²) in [5.41, 5.74) is 3.26. The number of fused-ring (bicyclic) bond motifs is 2. The number of methoxy groups -OCH3 is 2. The normalized spacial score (nSPS) is 15.5. The molecule has 5 rings (SSSR count). The summed E-state index contributed by atoms with van der Waals surface area (Å²) in [6, 6.07) is 13.0. The first kappa shape index (κ1) is 26.5. The third kappa shape index (κ3) is 4.57. The molecule has 0 spiro atoms. The lowest BCUT2D eigenvalue weighted by Gasteiger charge is -2.26. The Labute approximate surface area is 230 Å². The van der Waals surface area contributed by atoms with Gasteiger partial charge in [0.1, 0.15) is 17.5 Å². The van der Waals surface area contributed by atoms with Crippen molar-refractivity contribution >= 4 is 34.3 Å². The highest BCUT2D eigenvalue weighted by Gasteiger charge is 2.35. The van der Waals surface area contributed by atoms with Crippen molar-refractivity contribution < 1.29 is 19.0 Å². The molecular weight excluding hydrogens is 514 g/mol. The number of thiazole rings is 1. The molecule has 1 atom stereocenters. The summed E-state index contributed by atoms with van der Waals surface area (Å²) in [6.45, 7) is 7.98. The lowest BCUT2D eigenvalue weighted by molar-refractivity contribution is -0.139. The van der Waals surface area contributed by atoms with Gasteiger partial charge in [0.2, 0.25) is 0 Å². The van der Waals surface area contributed by atoms with Crippen molar-refractivity contribution in [3.63, 3.8) is 0 Å². The number of allylic oxidation sites excluding steroid dienone is 1. The van der Waals surface area contributed by atoms with E-state index in [0.717, 1.165) is 16.5 Å². The van der Waals surface area contributed by atoms with Crippen molar-refractivity contribution in [2.45, 2.75) is 39.8 Å². The number of aromatic nitrogens is 2. The van der Waals surface area contributed by atoms with E-state index < -0.39 is 12.0 Å². The standard InChI is InChI=1S/C30H31N3O5S/c1-7-38-29(35)26-18(4)31-30-33(27(26)22-13-12-20(36-5)15-24(22)37-6)28(34)25(39-30)14-19-16-32(17(2)3)23-11-9-8-10-21(19)23/h8-17,27H,7H2,1-6H3/b25-14-/t27-/m0/s1. The fourth-order valence-corrected chi connectivity index (χ4v) is 6.08. The van der Waals surface area contributed by atoms with E-state index in [4.69, 9.17) is 14.2 Å². The lowest BCUT2D eigenvalue weighted by atomic mass is 9.95. The van der Waals surface area contributed by atoms with Gasteiger partial charge in [0.05, 0.1) is 36.6 Å². The average molecular weight is 546 g/mol. The number of para-hydroxylation sites is 1. The van der Waals surface area contributed by atoms with Gasteiger partial charge in [-0.3, -0.25) is 9.36 Å². The second kappa shape index (κ2) is 10.6. The van der Waals surface area contributed by atoms with Crippen LogP contribution in [0.3, 0.4) is 0 Å². The maximum atomic E-state index is 14.1. The van der Waals surface area contributed by atoms with Gasteiger partial charge in [-0.15, -0.1) is 0 Å². The first-order chi connectivity index (χ1) is 18.8. The first-order valence-electron chi connectivity index (χ1n) is 12.8. The molecule has 0 fully saturated rings. The maximum Gasteiger partial charge on any atom is 0.338 e. The van der Waals surface area contributed by atoms with Crippen molar-refractivity contribution in [2.24, 2.45) is 4.99 Å². The van der Waals surface area contributed by atoms with Crippen LogP contribution in [0, 0.1) is 0 Å². The summed E-state index contributed by atoms with van der Waals surface area (Å²) in [7, 11) is 3.12. The Morgan fingerprint density at radius 3 is 2.62 bits per heavy atom. The number of esters is 1. The number of ether oxygens (including phenoxy) is 3. The van der Waals surface area contributed by atoms with E-state index in [-0.39, 0.29) is 18.2 Å². The van der Waals surface area contributed by atoms with Crippen LogP contribution in [0.1, 0.15) is 50.9 Å². The third-order valence-corrected chi connectivity index (χ3v) is 7.85. The zero-order chi connectivity index (χ0) is 27.8. The summed E-state index contributed by atoms with van der Waals surface area (Å²) < 4.78 is 20.8. The van der Waals surface area contributed by atoms with E-state index in [0.29, 0.717) is 37.7 Å². The summed E-state index contributed by atoms with van der Waals surface area (Å²) in [5, 5.41) is 1.06. The summed E-state index contributed by atoms with van der Waals surface area (Å²) in [6.07, 6.45) is 3.99. The number of rotatable bonds is 7. The van der Waals surface area contributed by atoms with Crippen LogP contribution >= 0.6 is 11.3 Å². The fraction of sp³-hybridized carbons (Fsp3) is 0.300. The molecule has 4 aromatic rings. The number of hydrogen-bond acceptors (Lipinski definition) is 7. The topological polar surface area (TPSA) is 84.1 Å². The second-order valence-corrected chi connectivity index (χ2v) is 10.5. The summed E-state index contributed by atoms with van der Waals surface area (Å²) in [5.74, 6) is 0.573. The zero-order valence-corrected chi connectivity index (χ0v) is 23.7. The molecule has 0 aliphatic carbocycles. The Morgan fingerprint density at radius 2 is 1.92 bits per heavy atom. The van der Waals surface area contributed by atoms with Crippen LogP contribution in [0.4, 0.5) is 0 Å². The highest BCUT2D eigenvalue weighted by molar-refractivity contribution is 7.07. The van der Waals surface area contributed by atoms with Crippen LogP contribution in [0.5, 0.6) is 11.5 Å². The Morgan fingerprint density at radius 1 is 1.15 bits per heavy atom. The van der Waals surface area contributed by atoms with Crippen LogP contribution < -0.4 is 24.4 Å². The maximum absolute atomic E-state index is 14.1. The molecule has 8 nitrogen and oxygen atoms in total. The Hall–Kier alpha value is -4.11. The highest BCUT2D eigenvalue weighted by atomic mass is 32.1. The molecule has 0 saturated heterocycles. The van der Waals surface area contributed by atoms with E-state index in [1.165, 1.54) is 11.3 Å². The van der Waals surface area contributed by atoms with Gasteiger partial charge >= 0.3 is 5.97 Å². The predicted molar refractivity (Wildman–Crippen MR) is 152 cm³/mol. The molecule has 1 aliphatic heterocycles. The van der Waals surface area contributed by atoms with Crippen molar-refractivity contribution in [3.8, 4) is 11.5 Å². The van der Waals surface area contributed by atoms with E-state index in [2.05, 4.69) is 41.7 Å². The molecule has 0 unspecified atom stereocenters. The second-order valence-electron chi connectivity index (χ2n) is 9.51. The molecule has 0 radical (unpaired) electrons. The van der Waals surface area contributed by atoms with Crippen LogP contribution in [-0.4, -0.2) is 35.9 Å². The van der Waals surface area contributed by atoms with Gasteiger partial charge in [0.15, 0.2) is 4.80 Å². The minimum atomic E-state index is -0.777. The minimum Gasteiger partial charge on any atom is -0.497 e. The van der Waals surface area contributed by atoms with E-state index in [1.54, 1.807) is 44.8 Å². The number of benzene rings is 2. The van der Waals surface area contributed by atoms with Gasteiger partial charge < -0.3 is 18.8 Å². The van der Waals surface area contributed by atoms with Crippen LogP contribution in [0.15, 0.2) is 69.7 Å². The fourth-order valence-electron chi connectivity index (χ4n) is 5.05. The molecule has 0 amide bonds. The number of hydrogen-bond donors (Lipinski definition) is 0. The quantitative estimate of drug-likeness (QED) is 0.323. The molecule has 1 aliphatic rings. The molecule has 2 aromatic heterocycles. The first-order valence-corrected chi connectivity index (χ1v) is 13.6. The van der Waals surface area contributed by atoms with Gasteiger partial charge in [-0.1, -0.05) is 29.5 Å². The van der Waals surface area contributed by atoms with E-state index >= 15 is 0 Å². The van der Waals surface area contributed by atoms with E-state index in [1.807, 2.05) is 24.3 Å². The van der Waals surface area contributed by atoms with E-state index in [9.17, 15) is 9.59 Å². The molecule has 0 bridgehead atoms. The van der Waals surface area contributed by atoms with Crippen LogP contribution in [-0.2, 0) is 9.53 Å². The Balaban J connectivity index is 1.77. The zero-order valence-electron chi connectivity index (χ0n) is 22.8. The number of carbonyl (C=O) groups is 1. The van der Waals surface area contributed by atoms with Gasteiger partial charge in [0, 0.05) is 40.3 Å². The largest absolute Gasteiger partial charge is 0.497 e. The third-order valence-electron chi connectivity index (χ3n) is 6.87. The molecule has 0 saturated carbocycles. The van der Waals surface area contributed by atoms with Crippen LogP contribution in [0.25, 0.3) is 17.0 Å². The van der Waals surface area contributed by atoms with Crippen molar-refractivity contribution in [3.05, 3.63) is 90.7 Å². The molecule has 39 heavy (non-hydrogen) atoms. The number of carbonyl (C=O) groups excluding carboxylic acids is 1. The van der Waals surface area contributed by atoms with Gasteiger partial charge in [-0.2, -0.15) is 0 Å². The van der Waals surface area contributed by atoms with Crippen LogP contribution in [0.2, 0.25) is 0 Å². The molecule has 3 heterocycles. The SMILES string of the molecule is CCOC(=O)C1=C(C)N=c2s/c(=C\c3cn(C(C)C)c4ccccc34)c(=O)n2[C@H]1c1ccc(OC)cc1OC. The Bertz CT molecular complexity index is 1790.